The van der Waals surface area contributed by atoms with Gasteiger partial charge in [0.1, 0.15) is 17.5 Å². The Bertz CT molecular complexity index is 2410. The van der Waals surface area contributed by atoms with E-state index in [0.717, 1.165) is 50.1 Å². The van der Waals surface area contributed by atoms with Crippen molar-refractivity contribution in [2.45, 2.75) is 229 Å². The predicted molar refractivity (Wildman–Crippen MR) is 319 cm³/mol. The van der Waals surface area contributed by atoms with Crippen LogP contribution < -0.4 is 0 Å². The highest BCUT2D eigenvalue weighted by atomic mass is 19.1. The van der Waals surface area contributed by atoms with E-state index >= 15 is 0 Å². The van der Waals surface area contributed by atoms with Crippen LogP contribution in [0.4, 0.5) is 13.2 Å². The third-order valence-corrected chi connectivity index (χ3v) is 14.6. The number of aryl methyl sites for hydroxylation is 9. The minimum absolute atomic E-state index is 0.0271. The largest absolute Gasteiger partial charge is 0.207 e. The maximum absolute atomic E-state index is 13.4. The van der Waals surface area contributed by atoms with Crippen LogP contribution in [0, 0.1) is 121 Å². The van der Waals surface area contributed by atoms with Gasteiger partial charge < -0.3 is 0 Å². The minimum atomic E-state index is -0.0927. The van der Waals surface area contributed by atoms with Crippen LogP contribution in [-0.2, 0) is 5.41 Å². The summed E-state index contributed by atoms with van der Waals surface area (Å²) in [5, 5.41) is 0. The summed E-state index contributed by atoms with van der Waals surface area (Å²) in [5.74, 6) is 2.47. The zero-order valence-electron chi connectivity index (χ0n) is 51.4. The Morgan fingerprint density at radius 2 is 0.521 bits per heavy atom. The summed E-state index contributed by atoms with van der Waals surface area (Å²) >= 11 is 0. The third-order valence-electron chi connectivity index (χ3n) is 14.6. The van der Waals surface area contributed by atoms with Crippen molar-refractivity contribution >= 4 is 0 Å². The van der Waals surface area contributed by atoms with Crippen LogP contribution in [0.2, 0.25) is 0 Å². The van der Waals surface area contributed by atoms with Gasteiger partial charge in [0, 0.05) is 0 Å². The Balaban J connectivity index is 0.000000438. The quantitative estimate of drug-likeness (QED) is 0.161. The van der Waals surface area contributed by atoms with E-state index in [0.29, 0.717) is 29.6 Å². The zero-order valence-corrected chi connectivity index (χ0v) is 51.4. The molecule has 0 radical (unpaired) electrons. The lowest BCUT2D eigenvalue weighted by Gasteiger charge is -2.20. The molecule has 0 aromatic heterocycles. The maximum Gasteiger partial charge on any atom is 0.126 e. The van der Waals surface area contributed by atoms with Gasteiger partial charge in [-0.05, 0) is 263 Å². The highest BCUT2D eigenvalue weighted by Gasteiger charge is 2.16. The number of benzene rings is 6. The molecule has 0 bridgehead atoms. The Morgan fingerprint density at radius 1 is 0.274 bits per heavy atom. The first-order valence-electron chi connectivity index (χ1n) is 27.0. The third kappa shape index (κ3) is 20.7. The molecule has 0 N–H and O–H groups in total. The molecule has 0 saturated heterocycles. The fourth-order valence-corrected chi connectivity index (χ4v) is 8.35. The van der Waals surface area contributed by atoms with Crippen LogP contribution in [0.15, 0.2) is 72.8 Å². The molecular formula is C70H101F3. The van der Waals surface area contributed by atoms with Crippen LogP contribution in [0.5, 0.6) is 0 Å². The van der Waals surface area contributed by atoms with Gasteiger partial charge in [0.25, 0.3) is 0 Å². The molecule has 0 unspecified atom stereocenters. The predicted octanol–water partition coefficient (Wildman–Crippen LogP) is 22.1. The minimum Gasteiger partial charge on any atom is -0.207 e. The van der Waals surface area contributed by atoms with Crippen molar-refractivity contribution < 1.29 is 13.2 Å². The first-order chi connectivity index (χ1) is 33.4. The van der Waals surface area contributed by atoms with Crippen LogP contribution in [0.25, 0.3) is 0 Å². The van der Waals surface area contributed by atoms with Crippen LogP contribution in [0.1, 0.15) is 236 Å². The van der Waals surface area contributed by atoms with Gasteiger partial charge in [-0.2, -0.15) is 0 Å². The fourth-order valence-electron chi connectivity index (χ4n) is 8.35. The molecule has 0 amide bonds. The molecule has 73 heavy (non-hydrogen) atoms. The van der Waals surface area contributed by atoms with Crippen LogP contribution in [-0.4, -0.2) is 0 Å². The molecular weight excluding hydrogens is 898 g/mol. The van der Waals surface area contributed by atoms with Gasteiger partial charge in [-0.15, -0.1) is 0 Å². The van der Waals surface area contributed by atoms with Gasteiger partial charge >= 0.3 is 0 Å². The summed E-state index contributed by atoms with van der Waals surface area (Å²) in [6, 6.07) is 24.8. The Labute approximate surface area is 447 Å². The molecule has 3 heteroatoms. The number of hydrogen-bond donors (Lipinski definition) is 0. The van der Waals surface area contributed by atoms with E-state index in [9.17, 15) is 13.2 Å². The summed E-state index contributed by atoms with van der Waals surface area (Å²) < 4.78 is 39.8. The van der Waals surface area contributed by atoms with Crippen molar-refractivity contribution in [1.82, 2.24) is 0 Å². The molecule has 0 atom stereocenters. The molecule has 0 aliphatic heterocycles. The molecule has 0 aliphatic rings. The molecule has 0 nitrogen and oxygen atoms in total. The van der Waals surface area contributed by atoms with Gasteiger partial charge in [-0.3, -0.25) is 0 Å². The van der Waals surface area contributed by atoms with E-state index in [-0.39, 0.29) is 22.9 Å². The van der Waals surface area contributed by atoms with E-state index in [1.807, 2.05) is 41.5 Å². The summed E-state index contributed by atoms with van der Waals surface area (Å²) in [7, 11) is 0. The monoisotopic (exact) mass is 999 g/mol. The summed E-state index contributed by atoms with van der Waals surface area (Å²) in [5.41, 5.74) is 25.8. The second-order valence-electron chi connectivity index (χ2n) is 23.7. The summed E-state index contributed by atoms with van der Waals surface area (Å²) in [6.07, 6.45) is 0. The first-order valence-corrected chi connectivity index (χ1v) is 27.0. The highest BCUT2D eigenvalue weighted by molar-refractivity contribution is 5.41. The Morgan fingerprint density at radius 3 is 0.767 bits per heavy atom. The molecule has 0 saturated carbocycles. The van der Waals surface area contributed by atoms with E-state index in [1.165, 1.54) is 66.8 Å². The average Bonchev–Trinajstić information content (AvgIpc) is 3.27. The SMILES string of the molecule is Cc1cc(C(C)(C)C)cc(F)c1C.Cc1cc(C(C)C)cc(C)c1C.Cc1cc(C(C)C)cc(F)c1C.Cc1cc(C(C)C)cc(F)c1C.Cc1cc(C)c(C)c(C(C)C)c1.Cc1cc(C)c(C)c(C(C)C)c1. The second kappa shape index (κ2) is 29.3. The average molecular weight is 1000 g/mol. The normalized spacial score (nSPS) is 11.0. The smallest absolute Gasteiger partial charge is 0.126 e. The molecule has 0 aliphatic carbocycles. The number of hydrogen-bond acceptors (Lipinski definition) is 0. The molecule has 0 heterocycles. The topological polar surface area (TPSA) is 0 Å². The van der Waals surface area contributed by atoms with Gasteiger partial charge in [-0.1, -0.05) is 156 Å². The van der Waals surface area contributed by atoms with E-state index in [2.05, 4.69) is 207 Å². The zero-order chi connectivity index (χ0) is 56.7. The van der Waals surface area contributed by atoms with Crippen LogP contribution >= 0.6 is 0 Å². The molecule has 402 valence electrons. The molecule has 0 fully saturated rings. The van der Waals surface area contributed by atoms with Crippen molar-refractivity contribution in [3.05, 3.63) is 207 Å². The Kier molecular flexibility index (Phi) is 26.5. The van der Waals surface area contributed by atoms with Crippen molar-refractivity contribution in [3.63, 3.8) is 0 Å². The lowest BCUT2D eigenvalue weighted by atomic mass is 9.85. The van der Waals surface area contributed by atoms with Crippen LogP contribution in [0.3, 0.4) is 0 Å². The lowest BCUT2D eigenvalue weighted by molar-refractivity contribution is 0.567. The number of halogens is 3. The van der Waals surface area contributed by atoms with E-state index in [4.69, 9.17) is 0 Å². The number of rotatable bonds is 5. The fraction of sp³-hybridized carbons (Fsp3) is 0.486. The van der Waals surface area contributed by atoms with Crippen molar-refractivity contribution in [3.8, 4) is 0 Å². The van der Waals surface area contributed by atoms with Crippen molar-refractivity contribution in [2.75, 3.05) is 0 Å². The summed E-state index contributed by atoms with van der Waals surface area (Å²) in [6.45, 7) is 59.1. The first kappa shape index (κ1) is 66.1. The van der Waals surface area contributed by atoms with Gasteiger partial charge in [0.15, 0.2) is 0 Å². The lowest BCUT2D eigenvalue weighted by Crippen LogP contribution is -2.12. The molecule has 6 aromatic carbocycles. The molecule has 0 spiro atoms. The molecule has 6 rings (SSSR count). The summed E-state index contributed by atoms with van der Waals surface area (Å²) in [4.78, 5) is 0. The van der Waals surface area contributed by atoms with Gasteiger partial charge in [-0.25, -0.2) is 13.2 Å². The van der Waals surface area contributed by atoms with E-state index in [1.54, 1.807) is 18.2 Å². The maximum atomic E-state index is 13.4. The Hall–Kier alpha value is -4.89. The van der Waals surface area contributed by atoms with Crippen molar-refractivity contribution in [2.24, 2.45) is 0 Å². The van der Waals surface area contributed by atoms with Gasteiger partial charge in [0.2, 0.25) is 0 Å². The van der Waals surface area contributed by atoms with Crippen molar-refractivity contribution in [1.29, 1.82) is 0 Å². The molecule has 6 aromatic rings. The second-order valence-corrected chi connectivity index (χ2v) is 23.7. The standard InChI is InChI=1S/C12H17F.3C12H18.2C11H15F/c1-8-6-10(12(3,4)5)7-11(13)9(8)2;1-8(2)12-6-9(3)11(5)10(4)7-12;2*1-8(2)12-7-9(3)6-10(4)11(12)5;2*1-7(2)10-5-8(3)9(4)11(12)6-10/h6-7H,1-5H3;3*6-8H,1-5H3;2*5-7H,1-4H3. The van der Waals surface area contributed by atoms with Gasteiger partial charge in [0.05, 0.1) is 0 Å². The highest BCUT2D eigenvalue weighted by Crippen LogP contribution is 2.28. The van der Waals surface area contributed by atoms with E-state index < -0.39 is 0 Å².